The lowest BCUT2D eigenvalue weighted by Crippen LogP contribution is -2.32. The maximum Gasteiger partial charge on any atom is 0.119 e. The molecule has 0 N–H and O–H groups in total. The number of rotatable bonds is 5. The van der Waals surface area contributed by atoms with Crippen molar-refractivity contribution in [3.05, 3.63) is 24.3 Å². The van der Waals surface area contributed by atoms with Crippen LogP contribution in [0, 0.1) is 5.41 Å². The van der Waals surface area contributed by atoms with Gasteiger partial charge in [0.2, 0.25) is 0 Å². The Morgan fingerprint density at radius 3 is 2.39 bits per heavy atom. The summed E-state index contributed by atoms with van der Waals surface area (Å²) in [5.41, 5.74) is 0.305. The van der Waals surface area contributed by atoms with Crippen molar-refractivity contribution in [3.63, 3.8) is 0 Å². The maximum atomic E-state index is 5.98. The summed E-state index contributed by atoms with van der Waals surface area (Å²) in [6, 6.07) is 8.38. The van der Waals surface area contributed by atoms with Crippen LogP contribution < -0.4 is 4.74 Å². The fourth-order valence-electron chi connectivity index (χ4n) is 2.56. The average molecular weight is 282 g/mol. The summed E-state index contributed by atoms with van der Waals surface area (Å²) in [5, 5.41) is 0. The van der Waals surface area contributed by atoms with Gasteiger partial charge in [-0.2, -0.15) is 12.6 Å². The van der Waals surface area contributed by atoms with E-state index >= 15 is 0 Å². The Kier molecular flexibility index (Phi) is 5.31. The molecule has 0 amide bonds. The van der Waals surface area contributed by atoms with Crippen molar-refractivity contribution in [2.24, 2.45) is 5.41 Å². The lowest BCUT2D eigenvalue weighted by molar-refractivity contribution is 0.121. The minimum Gasteiger partial charge on any atom is -0.493 e. The zero-order valence-electron chi connectivity index (χ0n) is 11.0. The number of ether oxygens (including phenoxy) is 1. The molecule has 3 heteroatoms. The number of hydrogen-bond acceptors (Lipinski definition) is 3. The van der Waals surface area contributed by atoms with Gasteiger partial charge in [-0.3, -0.25) is 0 Å². The molecule has 0 radical (unpaired) electrons. The molecule has 1 aliphatic rings. The molecule has 0 unspecified atom stereocenters. The van der Waals surface area contributed by atoms with Gasteiger partial charge < -0.3 is 4.74 Å². The molecule has 1 aliphatic carbocycles. The quantitative estimate of drug-likeness (QED) is 0.621. The highest BCUT2D eigenvalue weighted by Crippen LogP contribution is 2.37. The summed E-state index contributed by atoms with van der Waals surface area (Å²) in [6.07, 6.45) is 8.65. The largest absolute Gasteiger partial charge is 0.493 e. The van der Waals surface area contributed by atoms with Crippen molar-refractivity contribution in [2.45, 2.75) is 37.0 Å². The number of thiol groups is 1. The Morgan fingerprint density at radius 1 is 1.17 bits per heavy atom. The van der Waals surface area contributed by atoms with Crippen LogP contribution in [-0.2, 0) is 0 Å². The summed E-state index contributed by atoms with van der Waals surface area (Å²) in [6.45, 7) is 0.815. The molecule has 1 aromatic rings. The normalized spacial score (nSPS) is 18.6. The fourth-order valence-corrected chi connectivity index (χ4v) is 3.37. The number of hydrogen-bond donors (Lipinski definition) is 1. The number of benzene rings is 1. The lowest BCUT2D eigenvalue weighted by Gasteiger charge is -2.35. The van der Waals surface area contributed by atoms with E-state index in [-0.39, 0.29) is 0 Å². The predicted molar refractivity (Wildman–Crippen MR) is 83.1 cm³/mol. The van der Waals surface area contributed by atoms with Crippen LogP contribution in [0.4, 0.5) is 0 Å². The van der Waals surface area contributed by atoms with Crippen LogP contribution in [0.25, 0.3) is 0 Å². The molecule has 0 heterocycles. The Morgan fingerprint density at radius 2 is 1.83 bits per heavy atom. The van der Waals surface area contributed by atoms with Crippen molar-refractivity contribution in [2.75, 3.05) is 18.6 Å². The van der Waals surface area contributed by atoms with E-state index < -0.39 is 0 Å². The zero-order valence-corrected chi connectivity index (χ0v) is 12.7. The van der Waals surface area contributed by atoms with E-state index in [2.05, 4.69) is 43.2 Å². The van der Waals surface area contributed by atoms with Gasteiger partial charge in [0, 0.05) is 10.3 Å². The van der Waals surface area contributed by atoms with Crippen LogP contribution in [0.5, 0.6) is 5.75 Å². The van der Waals surface area contributed by atoms with Crippen molar-refractivity contribution in [3.8, 4) is 5.75 Å². The first kappa shape index (κ1) is 14.1. The molecule has 0 aromatic heterocycles. The van der Waals surface area contributed by atoms with Gasteiger partial charge in [0.15, 0.2) is 0 Å². The SMILES string of the molecule is CSc1ccc(OCC2(CS)CCCCC2)cc1. The summed E-state index contributed by atoms with van der Waals surface area (Å²) in [5.74, 6) is 1.93. The van der Waals surface area contributed by atoms with E-state index in [9.17, 15) is 0 Å². The van der Waals surface area contributed by atoms with Crippen LogP contribution in [0.3, 0.4) is 0 Å². The molecule has 0 saturated heterocycles. The first-order chi connectivity index (χ1) is 8.78. The molecule has 1 aromatic carbocycles. The van der Waals surface area contributed by atoms with E-state index in [0.29, 0.717) is 5.41 Å². The Bertz CT molecular complexity index is 355. The number of thioether (sulfide) groups is 1. The third kappa shape index (κ3) is 3.61. The van der Waals surface area contributed by atoms with Gasteiger partial charge in [-0.15, -0.1) is 11.8 Å². The first-order valence-corrected chi connectivity index (χ1v) is 8.51. The second-order valence-electron chi connectivity index (χ2n) is 5.18. The monoisotopic (exact) mass is 282 g/mol. The summed E-state index contributed by atoms with van der Waals surface area (Å²) >= 11 is 6.30. The van der Waals surface area contributed by atoms with Crippen LogP contribution in [0.2, 0.25) is 0 Å². The van der Waals surface area contributed by atoms with Crippen molar-refractivity contribution in [1.82, 2.24) is 0 Å². The molecular weight excluding hydrogens is 260 g/mol. The highest BCUT2D eigenvalue weighted by molar-refractivity contribution is 7.98. The Labute approximate surface area is 120 Å². The minimum absolute atomic E-state index is 0.305. The molecule has 1 saturated carbocycles. The lowest BCUT2D eigenvalue weighted by atomic mass is 9.76. The molecule has 2 rings (SSSR count). The van der Waals surface area contributed by atoms with E-state index in [1.165, 1.54) is 37.0 Å². The molecule has 0 spiro atoms. The van der Waals surface area contributed by atoms with Crippen LogP contribution in [0.15, 0.2) is 29.2 Å². The van der Waals surface area contributed by atoms with E-state index in [0.717, 1.165) is 18.1 Å². The van der Waals surface area contributed by atoms with Gasteiger partial charge in [-0.05, 0) is 49.1 Å². The van der Waals surface area contributed by atoms with E-state index in [1.807, 2.05) is 0 Å². The zero-order chi connectivity index (χ0) is 12.8. The standard InChI is InChI=1S/C15H22OS2/c1-18-14-7-5-13(6-8-14)16-11-15(12-17)9-3-2-4-10-15/h5-8,17H,2-4,9-12H2,1H3. The molecule has 0 aliphatic heterocycles. The Balaban J connectivity index is 1.92. The van der Waals surface area contributed by atoms with Gasteiger partial charge in [0.05, 0.1) is 6.61 Å². The molecule has 0 atom stereocenters. The Hall–Kier alpha value is -0.280. The van der Waals surface area contributed by atoms with Crippen molar-refractivity contribution >= 4 is 24.4 Å². The van der Waals surface area contributed by atoms with Crippen LogP contribution in [0.1, 0.15) is 32.1 Å². The maximum absolute atomic E-state index is 5.98. The molecule has 1 fully saturated rings. The first-order valence-electron chi connectivity index (χ1n) is 6.66. The van der Waals surface area contributed by atoms with E-state index in [4.69, 9.17) is 4.74 Å². The van der Waals surface area contributed by atoms with Gasteiger partial charge >= 0.3 is 0 Å². The van der Waals surface area contributed by atoms with Gasteiger partial charge in [-0.25, -0.2) is 0 Å². The molecular formula is C15H22OS2. The van der Waals surface area contributed by atoms with Gasteiger partial charge in [0.25, 0.3) is 0 Å². The smallest absolute Gasteiger partial charge is 0.119 e. The highest BCUT2D eigenvalue weighted by atomic mass is 32.2. The summed E-state index contributed by atoms with van der Waals surface area (Å²) in [4.78, 5) is 1.28. The van der Waals surface area contributed by atoms with Crippen LogP contribution in [-0.4, -0.2) is 18.6 Å². The van der Waals surface area contributed by atoms with Crippen molar-refractivity contribution < 1.29 is 4.74 Å². The highest BCUT2D eigenvalue weighted by Gasteiger charge is 2.31. The predicted octanol–water partition coefficient (Wildman–Crippen LogP) is 4.67. The summed E-state index contributed by atoms with van der Waals surface area (Å²) < 4.78 is 5.98. The molecule has 100 valence electrons. The molecule has 18 heavy (non-hydrogen) atoms. The third-order valence-electron chi connectivity index (χ3n) is 3.85. The summed E-state index contributed by atoms with van der Waals surface area (Å²) in [7, 11) is 0. The van der Waals surface area contributed by atoms with Crippen LogP contribution >= 0.6 is 24.4 Å². The minimum atomic E-state index is 0.305. The topological polar surface area (TPSA) is 9.23 Å². The molecule has 1 nitrogen and oxygen atoms in total. The van der Waals surface area contributed by atoms with Gasteiger partial charge in [-0.1, -0.05) is 19.3 Å². The van der Waals surface area contributed by atoms with Crippen molar-refractivity contribution in [1.29, 1.82) is 0 Å². The second-order valence-corrected chi connectivity index (χ2v) is 6.38. The van der Waals surface area contributed by atoms with Gasteiger partial charge in [0.1, 0.15) is 5.75 Å². The third-order valence-corrected chi connectivity index (χ3v) is 5.27. The fraction of sp³-hybridized carbons (Fsp3) is 0.600. The van der Waals surface area contributed by atoms with E-state index in [1.54, 1.807) is 11.8 Å². The second kappa shape index (κ2) is 6.76. The molecule has 0 bridgehead atoms. The average Bonchev–Trinajstić information content (AvgIpc) is 2.47.